The Morgan fingerprint density at radius 1 is 1.14 bits per heavy atom. The van der Waals surface area contributed by atoms with Gasteiger partial charge in [0.15, 0.2) is 0 Å². The van der Waals surface area contributed by atoms with Crippen LogP contribution < -0.4 is 11.1 Å². The molecule has 0 atom stereocenters. The molecule has 1 saturated carbocycles. The molecule has 1 amide bonds. The summed E-state index contributed by atoms with van der Waals surface area (Å²) in [7, 11) is 0. The monoisotopic (exact) mass is 287 g/mol. The maximum absolute atomic E-state index is 10.9. The zero-order chi connectivity index (χ0) is 14.7. The summed E-state index contributed by atoms with van der Waals surface area (Å²) in [6, 6.07) is 9.62. The van der Waals surface area contributed by atoms with Crippen molar-refractivity contribution < 1.29 is 4.79 Å². The lowest BCUT2D eigenvalue weighted by Gasteiger charge is -2.31. The summed E-state index contributed by atoms with van der Waals surface area (Å²) in [5.74, 6) is 0.610. The normalized spacial score (nSPS) is 20.6. The van der Waals surface area contributed by atoms with E-state index in [2.05, 4.69) is 34.5 Å². The van der Waals surface area contributed by atoms with Gasteiger partial charge in [-0.2, -0.15) is 0 Å². The highest BCUT2D eigenvalue weighted by Gasteiger charge is 2.23. The minimum atomic E-state index is -0.225. The van der Waals surface area contributed by atoms with E-state index < -0.39 is 0 Å². The number of likely N-dealkylation sites (tertiary alicyclic amines) is 1. The van der Waals surface area contributed by atoms with E-state index in [1.54, 1.807) is 0 Å². The van der Waals surface area contributed by atoms with E-state index in [0.717, 1.165) is 38.4 Å². The minimum Gasteiger partial charge on any atom is -0.369 e. The van der Waals surface area contributed by atoms with Gasteiger partial charge in [0.05, 0.1) is 6.54 Å². The van der Waals surface area contributed by atoms with Crippen LogP contribution in [0.2, 0.25) is 0 Å². The number of rotatable bonds is 6. The molecule has 1 heterocycles. The first-order valence-corrected chi connectivity index (χ1v) is 8.03. The third-order valence-electron chi connectivity index (χ3n) is 4.59. The number of piperidine rings is 1. The number of amides is 1. The molecule has 0 spiro atoms. The molecule has 1 aliphatic heterocycles. The molecule has 1 aromatic rings. The fraction of sp³-hybridized carbons (Fsp3) is 0.588. The van der Waals surface area contributed by atoms with Crippen molar-refractivity contribution in [3.8, 4) is 0 Å². The van der Waals surface area contributed by atoms with Crippen LogP contribution in [-0.4, -0.2) is 36.5 Å². The average Bonchev–Trinajstić information content (AvgIpc) is 3.31. The standard InChI is InChI=1S/C17H25N3O/c18-17(21)12-20-9-7-16(8-10-20)19-11-13-1-3-14(4-2-13)15-5-6-15/h1-4,15-16,19H,5-12H2,(H2,18,21). The van der Waals surface area contributed by atoms with Crippen molar-refractivity contribution in [3.05, 3.63) is 35.4 Å². The Morgan fingerprint density at radius 3 is 2.38 bits per heavy atom. The van der Waals surface area contributed by atoms with Crippen molar-refractivity contribution >= 4 is 5.91 Å². The van der Waals surface area contributed by atoms with Gasteiger partial charge in [0, 0.05) is 25.7 Å². The molecular formula is C17H25N3O. The van der Waals surface area contributed by atoms with E-state index in [9.17, 15) is 4.79 Å². The van der Waals surface area contributed by atoms with Crippen LogP contribution in [0.3, 0.4) is 0 Å². The van der Waals surface area contributed by atoms with Crippen molar-refractivity contribution in [3.63, 3.8) is 0 Å². The Labute approximate surface area is 126 Å². The molecule has 4 nitrogen and oxygen atoms in total. The second kappa shape index (κ2) is 6.58. The van der Waals surface area contributed by atoms with Crippen molar-refractivity contribution in [2.45, 2.75) is 44.2 Å². The molecule has 2 fully saturated rings. The van der Waals surface area contributed by atoms with Crippen LogP contribution in [0.4, 0.5) is 0 Å². The number of carbonyl (C=O) groups is 1. The predicted octanol–water partition coefficient (Wildman–Crippen LogP) is 1.60. The number of carbonyl (C=O) groups excluding carboxylic acids is 1. The number of nitrogens with one attached hydrogen (secondary N) is 1. The van der Waals surface area contributed by atoms with E-state index >= 15 is 0 Å². The Morgan fingerprint density at radius 2 is 1.81 bits per heavy atom. The summed E-state index contributed by atoms with van der Waals surface area (Å²) < 4.78 is 0. The van der Waals surface area contributed by atoms with Gasteiger partial charge >= 0.3 is 0 Å². The maximum Gasteiger partial charge on any atom is 0.231 e. The molecule has 0 aromatic heterocycles. The summed E-state index contributed by atoms with van der Waals surface area (Å²) in [5.41, 5.74) is 8.09. The maximum atomic E-state index is 10.9. The van der Waals surface area contributed by atoms with E-state index in [1.807, 2.05) is 0 Å². The third kappa shape index (κ3) is 4.29. The molecule has 1 aromatic carbocycles. The van der Waals surface area contributed by atoms with E-state index in [-0.39, 0.29) is 5.91 Å². The second-order valence-electron chi connectivity index (χ2n) is 6.41. The van der Waals surface area contributed by atoms with Gasteiger partial charge in [0.2, 0.25) is 5.91 Å². The first-order valence-electron chi connectivity index (χ1n) is 8.03. The lowest BCUT2D eigenvalue weighted by Crippen LogP contribution is -2.45. The van der Waals surface area contributed by atoms with Gasteiger partial charge in [0.1, 0.15) is 0 Å². The average molecular weight is 287 g/mol. The van der Waals surface area contributed by atoms with Gasteiger partial charge in [-0.15, -0.1) is 0 Å². The molecule has 1 aliphatic carbocycles. The molecule has 3 N–H and O–H groups in total. The van der Waals surface area contributed by atoms with Crippen LogP contribution in [0.1, 0.15) is 42.7 Å². The second-order valence-corrected chi connectivity index (χ2v) is 6.41. The van der Waals surface area contributed by atoms with Crippen molar-refractivity contribution in [1.82, 2.24) is 10.2 Å². The molecule has 0 radical (unpaired) electrons. The largest absolute Gasteiger partial charge is 0.369 e. The summed E-state index contributed by atoms with van der Waals surface area (Å²) in [6.45, 7) is 3.25. The number of hydrogen-bond acceptors (Lipinski definition) is 3. The summed E-state index contributed by atoms with van der Waals surface area (Å²) in [4.78, 5) is 13.0. The van der Waals surface area contributed by atoms with Gasteiger partial charge < -0.3 is 11.1 Å². The SMILES string of the molecule is NC(=O)CN1CCC(NCc2ccc(C3CC3)cc2)CC1. The van der Waals surface area contributed by atoms with Crippen LogP contribution in [-0.2, 0) is 11.3 Å². The predicted molar refractivity (Wildman–Crippen MR) is 83.9 cm³/mol. The van der Waals surface area contributed by atoms with Gasteiger partial charge in [-0.1, -0.05) is 24.3 Å². The number of benzene rings is 1. The highest BCUT2D eigenvalue weighted by Crippen LogP contribution is 2.39. The molecule has 2 aliphatic rings. The zero-order valence-electron chi connectivity index (χ0n) is 12.6. The number of nitrogens with two attached hydrogens (primary N) is 1. The quantitative estimate of drug-likeness (QED) is 0.835. The lowest BCUT2D eigenvalue weighted by molar-refractivity contribution is -0.119. The zero-order valence-corrected chi connectivity index (χ0v) is 12.6. The van der Waals surface area contributed by atoms with Gasteiger partial charge in [-0.25, -0.2) is 0 Å². The summed E-state index contributed by atoms with van der Waals surface area (Å²) in [5, 5.41) is 3.63. The molecule has 21 heavy (non-hydrogen) atoms. The fourth-order valence-corrected chi connectivity index (χ4v) is 3.10. The fourth-order valence-electron chi connectivity index (χ4n) is 3.10. The first kappa shape index (κ1) is 14.5. The van der Waals surface area contributed by atoms with Crippen LogP contribution in [0, 0.1) is 0 Å². The number of primary amides is 1. The molecule has 0 unspecified atom stereocenters. The molecule has 0 bridgehead atoms. The molecule has 4 heteroatoms. The van der Waals surface area contributed by atoms with Crippen LogP contribution >= 0.6 is 0 Å². The molecule has 3 rings (SSSR count). The van der Waals surface area contributed by atoms with Gasteiger partial charge in [-0.05, 0) is 42.7 Å². The number of nitrogens with zero attached hydrogens (tertiary/aromatic N) is 1. The van der Waals surface area contributed by atoms with Crippen LogP contribution in [0.25, 0.3) is 0 Å². The summed E-state index contributed by atoms with van der Waals surface area (Å²) >= 11 is 0. The van der Waals surface area contributed by atoms with Gasteiger partial charge in [-0.3, -0.25) is 9.69 Å². The van der Waals surface area contributed by atoms with E-state index in [4.69, 9.17) is 5.73 Å². The van der Waals surface area contributed by atoms with Crippen molar-refractivity contribution in [2.75, 3.05) is 19.6 Å². The summed E-state index contributed by atoms with van der Waals surface area (Å²) in [6.07, 6.45) is 4.91. The smallest absolute Gasteiger partial charge is 0.231 e. The molecular weight excluding hydrogens is 262 g/mol. The highest BCUT2D eigenvalue weighted by molar-refractivity contribution is 5.75. The van der Waals surface area contributed by atoms with E-state index in [1.165, 1.54) is 24.0 Å². The lowest BCUT2D eigenvalue weighted by atomic mass is 10.0. The number of hydrogen-bond donors (Lipinski definition) is 2. The van der Waals surface area contributed by atoms with E-state index in [0.29, 0.717) is 12.6 Å². The Balaban J connectivity index is 1.40. The van der Waals surface area contributed by atoms with Gasteiger partial charge in [0.25, 0.3) is 0 Å². The third-order valence-corrected chi connectivity index (χ3v) is 4.59. The van der Waals surface area contributed by atoms with Crippen LogP contribution in [0.15, 0.2) is 24.3 Å². The minimum absolute atomic E-state index is 0.225. The Kier molecular flexibility index (Phi) is 4.56. The topological polar surface area (TPSA) is 58.4 Å². The van der Waals surface area contributed by atoms with Crippen molar-refractivity contribution in [2.24, 2.45) is 5.73 Å². The molecule has 1 saturated heterocycles. The first-order chi connectivity index (χ1) is 10.2. The van der Waals surface area contributed by atoms with Crippen LogP contribution in [0.5, 0.6) is 0 Å². The van der Waals surface area contributed by atoms with Crippen molar-refractivity contribution in [1.29, 1.82) is 0 Å². The Bertz CT molecular complexity index is 473. The highest BCUT2D eigenvalue weighted by atomic mass is 16.1. The Hall–Kier alpha value is -1.39. The molecule has 114 valence electrons.